The van der Waals surface area contributed by atoms with E-state index in [0.29, 0.717) is 11.3 Å². The van der Waals surface area contributed by atoms with Crippen molar-refractivity contribution in [1.82, 2.24) is 24.9 Å². The Kier molecular flexibility index (Phi) is 6.44. The predicted octanol–water partition coefficient (Wildman–Crippen LogP) is 2.76. The molecule has 3 heterocycles. The van der Waals surface area contributed by atoms with Gasteiger partial charge in [-0.3, -0.25) is 14.4 Å². The van der Waals surface area contributed by atoms with Crippen molar-refractivity contribution in [2.75, 3.05) is 6.54 Å². The first-order valence-corrected chi connectivity index (χ1v) is 12.8. The number of hydrogen-bond donors (Lipinski definition) is 2. The van der Waals surface area contributed by atoms with Gasteiger partial charge in [0, 0.05) is 12.7 Å². The second-order valence-corrected chi connectivity index (χ2v) is 11.6. The number of aromatic nitrogens is 2. The summed E-state index contributed by atoms with van der Waals surface area (Å²) in [6.45, 7) is 4.84. The van der Waals surface area contributed by atoms with E-state index in [-0.39, 0.29) is 30.2 Å². The lowest BCUT2D eigenvalue weighted by Crippen LogP contribution is -2.60. The molecule has 1 aliphatic heterocycles. The Morgan fingerprint density at radius 1 is 1.13 bits per heavy atom. The summed E-state index contributed by atoms with van der Waals surface area (Å²) in [7, 11) is 0. The Balaban J connectivity index is 1.46. The number of nitrogens with one attached hydrogen (secondary N) is 2. The monoisotopic (exact) mass is 542 g/mol. The Hall–Kier alpha value is -3.88. The third kappa shape index (κ3) is 4.64. The van der Waals surface area contributed by atoms with Gasteiger partial charge in [0.15, 0.2) is 6.04 Å². The minimum Gasteiger partial charge on any atom is -0.336 e. The highest BCUT2D eigenvalue weighted by Gasteiger charge is 2.59. The zero-order chi connectivity index (χ0) is 28.3. The zero-order valence-electron chi connectivity index (χ0n) is 21.6. The van der Waals surface area contributed by atoms with E-state index in [1.165, 1.54) is 11.1 Å². The van der Waals surface area contributed by atoms with Crippen molar-refractivity contribution in [3.05, 3.63) is 48.4 Å². The lowest BCUT2D eigenvalue weighted by Gasteiger charge is -2.37. The lowest BCUT2D eigenvalue weighted by atomic mass is 9.81. The van der Waals surface area contributed by atoms with Crippen LogP contribution in [0.4, 0.5) is 13.2 Å². The minimum atomic E-state index is -5.17. The van der Waals surface area contributed by atoms with Gasteiger partial charge in [-0.2, -0.15) is 18.4 Å². The van der Waals surface area contributed by atoms with Crippen LogP contribution < -0.4 is 10.6 Å². The van der Waals surface area contributed by atoms with Gasteiger partial charge in [0.2, 0.25) is 11.8 Å². The number of carbonyl (C=O) groups is 3. The summed E-state index contributed by atoms with van der Waals surface area (Å²) in [4.78, 5) is 45.1. The van der Waals surface area contributed by atoms with Crippen LogP contribution >= 0.6 is 0 Å². The van der Waals surface area contributed by atoms with Crippen LogP contribution in [0.5, 0.6) is 0 Å². The lowest BCUT2D eigenvalue weighted by molar-refractivity contribution is -0.176. The Bertz CT molecular complexity index is 1390. The van der Waals surface area contributed by atoms with Gasteiger partial charge in [-0.05, 0) is 47.6 Å². The average Bonchev–Trinajstić information content (AvgIpc) is 3.64. The number of alkyl halides is 3. The molecule has 39 heavy (non-hydrogen) atoms. The molecular weight excluding hydrogens is 513 g/mol. The molecule has 2 bridgehead atoms. The van der Waals surface area contributed by atoms with E-state index in [9.17, 15) is 32.8 Å². The fraction of sp³-hybridized carbons (Fsp3) is 0.519. The molecule has 7 atom stereocenters. The summed E-state index contributed by atoms with van der Waals surface area (Å²) in [5.41, 5.74) is -0.0438. The third-order valence-corrected chi connectivity index (χ3v) is 8.15. The van der Waals surface area contributed by atoms with Gasteiger partial charge in [0.05, 0.1) is 18.0 Å². The average molecular weight is 543 g/mol. The van der Waals surface area contributed by atoms with Gasteiger partial charge in [-0.1, -0.05) is 39.0 Å². The number of nitrogens with zero attached hydrogens (tertiary/aromatic N) is 4. The van der Waals surface area contributed by atoms with Crippen molar-refractivity contribution in [3.8, 4) is 6.07 Å². The molecule has 3 aliphatic rings. The molecule has 2 fully saturated rings. The molecule has 2 N–H and O–H groups in total. The molecule has 206 valence electrons. The molecule has 0 aromatic carbocycles. The highest BCUT2D eigenvalue weighted by Crippen LogP contribution is 2.54. The highest BCUT2D eigenvalue weighted by molar-refractivity contribution is 5.94. The van der Waals surface area contributed by atoms with Crippen molar-refractivity contribution in [2.45, 2.75) is 51.5 Å². The number of amides is 3. The van der Waals surface area contributed by atoms with E-state index in [2.05, 4.69) is 22.4 Å². The number of imidazole rings is 1. The van der Waals surface area contributed by atoms with Gasteiger partial charge in [0.1, 0.15) is 17.7 Å². The van der Waals surface area contributed by atoms with Gasteiger partial charge < -0.3 is 19.9 Å². The van der Waals surface area contributed by atoms with E-state index >= 15 is 0 Å². The number of nitriles is 1. The first kappa shape index (κ1) is 26.7. The number of carbonyl (C=O) groups excluding carboxylic acids is 3. The summed E-state index contributed by atoms with van der Waals surface area (Å²) in [6, 6.07) is 3.79. The molecule has 2 aliphatic carbocycles. The minimum absolute atomic E-state index is 0.0303. The van der Waals surface area contributed by atoms with Crippen molar-refractivity contribution in [3.63, 3.8) is 0 Å². The maximum atomic E-state index is 13.9. The second-order valence-electron chi connectivity index (χ2n) is 11.6. The van der Waals surface area contributed by atoms with Crippen LogP contribution in [0, 0.1) is 40.4 Å². The molecular formula is C27H29F3N6O3. The smallest absolute Gasteiger partial charge is 0.336 e. The largest absolute Gasteiger partial charge is 0.471 e. The van der Waals surface area contributed by atoms with Crippen LogP contribution in [0.2, 0.25) is 0 Å². The number of fused-ring (bicyclic) bond motifs is 6. The maximum Gasteiger partial charge on any atom is 0.471 e. The SMILES string of the molecule is CC(C)(C)C(NC(=O)C(F)(F)F)C(=O)N1CC2C3C=CC(C3)C2C1C(=O)NC(C#N)c1cnc2ccccn12. The number of allylic oxidation sites excluding steroid dienone is 2. The topological polar surface area (TPSA) is 120 Å². The summed E-state index contributed by atoms with van der Waals surface area (Å²) < 4.78 is 41.0. The zero-order valence-corrected chi connectivity index (χ0v) is 21.6. The van der Waals surface area contributed by atoms with Gasteiger partial charge in [-0.25, -0.2) is 4.98 Å². The summed E-state index contributed by atoms with van der Waals surface area (Å²) in [5, 5.41) is 14.6. The van der Waals surface area contributed by atoms with Crippen molar-refractivity contribution in [2.24, 2.45) is 29.1 Å². The number of pyridine rings is 1. The molecule has 7 unspecified atom stereocenters. The molecule has 12 heteroatoms. The van der Waals surface area contributed by atoms with Crippen molar-refractivity contribution < 1.29 is 27.6 Å². The van der Waals surface area contributed by atoms with E-state index < -0.39 is 47.4 Å². The van der Waals surface area contributed by atoms with E-state index in [1.54, 1.807) is 49.6 Å². The van der Waals surface area contributed by atoms with Crippen LogP contribution in [0.1, 0.15) is 38.9 Å². The Labute approximate surface area is 223 Å². The molecule has 2 aromatic heterocycles. The van der Waals surface area contributed by atoms with Crippen LogP contribution in [-0.2, 0) is 14.4 Å². The molecule has 1 saturated heterocycles. The summed E-state index contributed by atoms with van der Waals surface area (Å²) in [5.74, 6) is -3.64. The van der Waals surface area contributed by atoms with Gasteiger partial charge in [-0.15, -0.1) is 0 Å². The number of likely N-dealkylation sites (tertiary alicyclic amines) is 1. The van der Waals surface area contributed by atoms with Crippen LogP contribution in [0.25, 0.3) is 5.65 Å². The van der Waals surface area contributed by atoms with E-state index in [0.717, 1.165) is 6.42 Å². The molecule has 0 radical (unpaired) electrons. The molecule has 9 nitrogen and oxygen atoms in total. The molecule has 0 spiro atoms. The fourth-order valence-corrected chi connectivity index (χ4v) is 6.37. The maximum absolute atomic E-state index is 13.9. The van der Waals surface area contributed by atoms with E-state index in [4.69, 9.17) is 0 Å². The van der Waals surface area contributed by atoms with E-state index in [1.807, 2.05) is 11.4 Å². The van der Waals surface area contributed by atoms with Crippen LogP contribution in [0.15, 0.2) is 42.7 Å². The van der Waals surface area contributed by atoms with Gasteiger partial charge >= 0.3 is 12.1 Å². The predicted molar refractivity (Wildman–Crippen MR) is 132 cm³/mol. The fourth-order valence-electron chi connectivity index (χ4n) is 6.37. The van der Waals surface area contributed by atoms with Crippen molar-refractivity contribution >= 4 is 23.4 Å². The number of hydrogen-bond acceptors (Lipinski definition) is 5. The third-order valence-electron chi connectivity index (χ3n) is 8.15. The second kappa shape index (κ2) is 9.39. The Morgan fingerprint density at radius 3 is 2.51 bits per heavy atom. The number of halogens is 3. The molecule has 5 rings (SSSR count). The van der Waals surface area contributed by atoms with Crippen LogP contribution in [-0.4, -0.2) is 56.8 Å². The molecule has 3 amide bonds. The Morgan fingerprint density at radius 2 is 1.85 bits per heavy atom. The number of rotatable bonds is 5. The summed E-state index contributed by atoms with van der Waals surface area (Å²) >= 11 is 0. The standard InChI is InChI=1S/C27H29F3N6O3/c1-26(2,3)22(34-25(39)27(28,29)30)24(38)36-13-16-14-7-8-15(10-14)20(16)21(36)23(37)33-17(11-31)18-12-32-19-6-4-5-9-35(18)19/h4-9,12,14-17,20-22H,10,13H2,1-3H3,(H,33,37)(H,34,39). The quantitative estimate of drug-likeness (QED) is 0.564. The van der Waals surface area contributed by atoms with Crippen molar-refractivity contribution in [1.29, 1.82) is 5.26 Å². The molecule has 1 saturated carbocycles. The summed E-state index contributed by atoms with van der Waals surface area (Å²) in [6.07, 6.45) is 2.97. The molecule has 2 aromatic rings. The van der Waals surface area contributed by atoms with Gasteiger partial charge in [0.25, 0.3) is 0 Å². The first-order chi connectivity index (χ1) is 18.3. The normalized spacial score (nSPS) is 27.2. The first-order valence-electron chi connectivity index (χ1n) is 12.8. The van der Waals surface area contributed by atoms with Crippen LogP contribution in [0.3, 0.4) is 0 Å². The highest BCUT2D eigenvalue weighted by atomic mass is 19.4.